The monoisotopic (exact) mass is 466 g/mol. The molecule has 172 valence electrons. The molecular formula is C25H26N2O5S. The first-order valence-electron chi connectivity index (χ1n) is 10.4. The zero-order chi connectivity index (χ0) is 24.0. The van der Waals surface area contributed by atoms with Gasteiger partial charge in [0.05, 0.1) is 17.2 Å². The van der Waals surface area contributed by atoms with Crippen LogP contribution in [-0.4, -0.2) is 33.3 Å². The zero-order valence-electron chi connectivity index (χ0n) is 18.7. The van der Waals surface area contributed by atoms with Gasteiger partial charge in [-0.1, -0.05) is 17.7 Å². The number of rotatable bonds is 9. The van der Waals surface area contributed by atoms with Gasteiger partial charge in [-0.25, -0.2) is 8.42 Å². The largest absolute Gasteiger partial charge is 0.494 e. The Balaban J connectivity index is 1.88. The molecule has 0 aliphatic heterocycles. The molecule has 0 radical (unpaired) electrons. The van der Waals surface area contributed by atoms with Crippen molar-refractivity contribution in [2.75, 3.05) is 22.8 Å². The van der Waals surface area contributed by atoms with E-state index < -0.39 is 22.5 Å². The summed E-state index contributed by atoms with van der Waals surface area (Å²) in [4.78, 5) is 24.3. The van der Waals surface area contributed by atoms with E-state index >= 15 is 0 Å². The summed E-state index contributed by atoms with van der Waals surface area (Å²) in [6, 6.07) is 19.4. The van der Waals surface area contributed by atoms with Gasteiger partial charge in [-0.05, 0) is 81.4 Å². The molecule has 3 aromatic rings. The Kier molecular flexibility index (Phi) is 7.50. The number of hydrogen-bond donors (Lipinski definition) is 1. The summed E-state index contributed by atoms with van der Waals surface area (Å²) in [5, 5.41) is 2.69. The van der Waals surface area contributed by atoms with Crippen molar-refractivity contribution in [3.63, 3.8) is 0 Å². The Morgan fingerprint density at radius 3 is 2.06 bits per heavy atom. The summed E-state index contributed by atoms with van der Waals surface area (Å²) in [7, 11) is -4.03. The van der Waals surface area contributed by atoms with Crippen LogP contribution in [0.1, 0.15) is 29.8 Å². The van der Waals surface area contributed by atoms with Gasteiger partial charge >= 0.3 is 0 Å². The fraction of sp³-hybridized carbons (Fsp3) is 0.200. The second kappa shape index (κ2) is 10.3. The number of carbonyl (C=O) groups is 2. The molecule has 3 rings (SSSR count). The molecule has 3 aromatic carbocycles. The molecule has 0 aliphatic carbocycles. The number of ketones is 1. The van der Waals surface area contributed by atoms with E-state index in [9.17, 15) is 18.0 Å². The first-order valence-corrected chi connectivity index (χ1v) is 11.9. The molecule has 1 N–H and O–H groups in total. The van der Waals surface area contributed by atoms with Crippen molar-refractivity contribution in [1.82, 2.24) is 0 Å². The van der Waals surface area contributed by atoms with Crippen molar-refractivity contribution in [1.29, 1.82) is 0 Å². The van der Waals surface area contributed by atoms with Crippen LogP contribution in [0.4, 0.5) is 11.4 Å². The molecule has 0 aliphatic rings. The van der Waals surface area contributed by atoms with E-state index in [2.05, 4.69) is 5.32 Å². The van der Waals surface area contributed by atoms with Crippen molar-refractivity contribution in [2.45, 2.75) is 25.7 Å². The van der Waals surface area contributed by atoms with Crippen LogP contribution in [0, 0.1) is 6.92 Å². The van der Waals surface area contributed by atoms with Crippen LogP contribution in [-0.2, 0) is 14.8 Å². The van der Waals surface area contributed by atoms with Crippen molar-refractivity contribution in [3.05, 3.63) is 83.9 Å². The SMILES string of the molecule is CCOc1ccc(S(=O)(=O)N(CC(=O)Nc2ccc(C(C)=O)cc2)c2ccc(C)cc2)cc1. The average Bonchev–Trinajstić information content (AvgIpc) is 2.79. The topological polar surface area (TPSA) is 92.8 Å². The quantitative estimate of drug-likeness (QED) is 0.471. The number of benzene rings is 3. The number of nitrogens with one attached hydrogen (secondary N) is 1. The standard InChI is InChI=1S/C25H26N2O5S/c1-4-32-23-13-15-24(16-14-23)33(30,31)27(22-11-5-18(2)6-12-22)17-25(29)26-21-9-7-20(8-10-21)19(3)28/h5-16H,4,17H2,1-3H3,(H,26,29). The minimum atomic E-state index is -4.03. The number of nitrogens with zero attached hydrogens (tertiary/aromatic N) is 1. The lowest BCUT2D eigenvalue weighted by Gasteiger charge is -2.24. The molecule has 0 bridgehead atoms. The number of Topliss-reactive ketones (excluding diaryl/α,β-unsaturated/α-hetero) is 1. The second-order valence-electron chi connectivity index (χ2n) is 7.43. The Hall–Kier alpha value is -3.65. The van der Waals surface area contributed by atoms with Crippen LogP contribution in [0.3, 0.4) is 0 Å². The van der Waals surface area contributed by atoms with Crippen LogP contribution in [0.25, 0.3) is 0 Å². The van der Waals surface area contributed by atoms with Crippen molar-refractivity contribution < 1.29 is 22.7 Å². The Morgan fingerprint density at radius 1 is 0.909 bits per heavy atom. The summed E-state index contributed by atoms with van der Waals surface area (Å²) >= 11 is 0. The number of carbonyl (C=O) groups excluding carboxylic acids is 2. The van der Waals surface area contributed by atoms with Crippen LogP contribution < -0.4 is 14.4 Å². The molecule has 0 spiro atoms. The van der Waals surface area contributed by atoms with E-state index in [0.717, 1.165) is 9.87 Å². The molecule has 0 unspecified atom stereocenters. The van der Waals surface area contributed by atoms with E-state index in [4.69, 9.17) is 4.74 Å². The summed E-state index contributed by atoms with van der Waals surface area (Å²) in [5.41, 5.74) is 2.32. The summed E-state index contributed by atoms with van der Waals surface area (Å²) < 4.78 is 33.4. The molecule has 0 saturated carbocycles. The number of amides is 1. The first kappa shape index (κ1) is 24.0. The lowest BCUT2D eigenvalue weighted by Crippen LogP contribution is -2.38. The van der Waals surface area contributed by atoms with Crippen molar-refractivity contribution >= 4 is 33.1 Å². The van der Waals surface area contributed by atoms with Gasteiger partial charge in [-0.2, -0.15) is 0 Å². The van der Waals surface area contributed by atoms with Crippen LogP contribution in [0.15, 0.2) is 77.7 Å². The average molecular weight is 467 g/mol. The van der Waals surface area contributed by atoms with Gasteiger partial charge in [0.2, 0.25) is 5.91 Å². The van der Waals surface area contributed by atoms with Crippen LogP contribution >= 0.6 is 0 Å². The second-order valence-corrected chi connectivity index (χ2v) is 9.30. The maximum absolute atomic E-state index is 13.5. The molecular weight excluding hydrogens is 440 g/mol. The molecule has 0 heterocycles. The van der Waals surface area contributed by atoms with Gasteiger partial charge in [0, 0.05) is 11.3 Å². The van der Waals surface area contributed by atoms with E-state index in [0.29, 0.717) is 29.3 Å². The molecule has 0 saturated heterocycles. The normalized spacial score (nSPS) is 11.0. The van der Waals surface area contributed by atoms with E-state index in [1.165, 1.54) is 19.1 Å². The van der Waals surface area contributed by atoms with Gasteiger partial charge in [0.15, 0.2) is 5.78 Å². The third-order valence-corrected chi connectivity index (χ3v) is 6.70. The maximum Gasteiger partial charge on any atom is 0.264 e. The molecule has 8 heteroatoms. The fourth-order valence-corrected chi connectivity index (χ4v) is 4.57. The van der Waals surface area contributed by atoms with Crippen molar-refractivity contribution in [3.8, 4) is 5.75 Å². The minimum Gasteiger partial charge on any atom is -0.494 e. The number of aryl methyl sites for hydroxylation is 1. The molecule has 0 atom stereocenters. The van der Waals surface area contributed by atoms with Crippen LogP contribution in [0.2, 0.25) is 0 Å². The lowest BCUT2D eigenvalue weighted by atomic mass is 10.1. The van der Waals surface area contributed by atoms with Gasteiger partial charge in [-0.3, -0.25) is 13.9 Å². The fourth-order valence-electron chi connectivity index (χ4n) is 3.15. The maximum atomic E-state index is 13.5. The van der Waals surface area contributed by atoms with Gasteiger partial charge in [0.25, 0.3) is 10.0 Å². The molecule has 7 nitrogen and oxygen atoms in total. The van der Waals surface area contributed by atoms with E-state index in [1.807, 2.05) is 13.8 Å². The third kappa shape index (κ3) is 5.98. The Bertz CT molecular complexity index is 1220. The summed E-state index contributed by atoms with van der Waals surface area (Å²) in [6.45, 7) is 5.24. The third-order valence-electron chi connectivity index (χ3n) is 4.91. The highest BCUT2D eigenvalue weighted by Crippen LogP contribution is 2.26. The molecule has 0 fully saturated rings. The number of sulfonamides is 1. The summed E-state index contributed by atoms with van der Waals surface area (Å²) in [5.74, 6) is -0.0365. The Labute approximate surface area is 194 Å². The van der Waals surface area contributed by atoms with Crippen molar-refractivity contribution in [2.24, 2.45) is 0 Å². The highest BCUT2D eigenvalue weighted by Gasteiger charge is 2.27. The lowest BCUT2D eigenvalue weighted by molar-refractivity contribution is -0.114. The van der Waals surface area contributed by atoms with Crippen LogP contribution in [0.5, 0.6) is 5.75 Å². The smallest absolute Gasteiger partial charge is 0.264 e. The van der Waals surface area contributed by atoms with Gasteiger partial charge in [-0.15, -0.1) is 0 Å². The van der Waals surface area contributed by atoms with E-state index in [1.54, 1.807) is 60.7 Å². The number of hydrogen-bond acceptors (Lipinski definition) is 5. The molecule has 1 amide bonds. The zero-order valence-corrected chi connectivity index (χ0v) is 19.6. The summed E-state index contributed by atoms with van der Waals surface area (Å²) in [6.07, 6.45) is 0. The van der Waals surface area contributed by atoms with Gasteiger partial charge in [0.1, 0.15) is 12.3 Å². The number of anilines is 2. The predicted octanol–water partition coefficient (Wildman–Crippen LogP) is 4.43. The minimum absolute atomic E-state index is 0.0464. The number of ether oxygens (including phenoxy) is 1. The van der Waals surface area contributed by atoms with Gasteiger partial charge < -0.3 is 10.1 Å². The van der Waals surface area contributed by atoms with E-state index in [-0.39, 0.29) is 10.7 Å². The Morgan fingerprint density at radius 2 is 1.52 bits per heavy atom. The molecule has 0 aromatic heterocycles. The highest BCUT2D eigenvalue weighted by molar-refractivity contribution is 7.92. The predicted molar refractivity (Wildman–Crippen MR) is 128 cm³/mol. The highest BCUT2D eigenvalue weighted by atomic mass is 32.2. The first-order chi connectivity index (χ1) is 15.7. The molecule has 33 heavy (non-hydrogen) atoms.